The first-order chi connectivity index (χ1) is 56.4. The minimum Gasteiger partial charge on any atom is -0.0625 e. The molecule has 12 unspecified atom stereocenters. The molecule has 4 spiro atoms. The van der Waals surface area contributed by atoms with Gasteiger partial charge in [-0.25, -0.2) is 0 Å². The van der Waals surface area contributed by atoms with Gasteiger partial charge in [0.15, 0.2) is 0 Å². The fourth-order valence-corrected chi connectivity index (χ4v) is 33.1. The van der Waals surface area contributed by atoms with Crippen LogP contribution in [0.25, 0.3) is 0 Å². The second-order valence-electron chi connectivity index (χ2n) is 47.6. The molecule has 0 nitrogen and oxygen atoms in total. The molecule has 0 N–H and O–H groups in total. The van der Waals surface area contributed by atoms with Crippen molar-refractivity contribution >= 4 is 0 Å². The summed E-state index contributed by atoms with van der Waals surface area (Å²) in [7, 11) is 0. The van der Waals surface area contributed by atoms with Gasteiger partial charge in [-0.15, -0.1) is 0 Å². The van der Waals surface area contributed by atoms with Crippen LogP contribution in [0.3, 0.4) is 0 Å². The Morgan fingerprint density at radius 1 is 0.173 bits per heavy atom. The second kappa shape index (κ2) is 40.1. The summed E-state index contributed by atoms with van der Waals surface area (Å²) in [6.07, 6.45) is 95.0. The first-order valence-electron chi connectivity index (χ1n) is 56.4. The SMILES string of the molecule is [2H][C@@]1(C)CC2CC1C1CCCC21.[2H][C@@]1(C)CC2CC1C1CCCCC21.[2H][C@@]1(C)CCC2(CCC2)C1.[2H][C@@]1(C)CCC2(CCCC2)C1.[2H][C@@]1(C)CCC2(CCCCC2)C1.[2H][C@@]1(C)CCC23CCCCC2(CCCC3)C1.[2H][C@@]1(C)CCC2CC(C2)C1.[2H][C@@]1(C)CCC2CCC(C2)C1.[2H][C@@]1(C)CCC2CCCC(C2)C1.[2H][C@@]1(C)CCCC2(CCCCC2)C1. The molecular weight excluding hydrogens is 1320 g/mol. The first-order valence-corrected chi connectivity index (χ1v) is 51.4. The summed E-state index contributed by atoms with van der Waals surface area (Å²) in [4.78, 5) is 0. The van der Waals surface area contributed by atoms with E-state index >= 15 is 0 Å². The normalized spacial score (nSPS) is 54.1. The van der Waals surface area contributed by atoms with Crippen LogP contribution in [-0.2, 0) is 0 Å². The molecule has 24 rings (SSSR count). The van der Waals surface area contributed by atoms with Gasteiger partial charge in [0.25, 0.3) is 0 Å². The van der Waals surface area contributed by atoms with Crippen LogP contribution in [0, 0.1) is 174 Å². The number of hydrogen-bond acceptors (Lipinski definition) is 0. The molecule has 0 aromatic carbocycles. The largest absolute Gasteiger partial charge is 0.0625 e. The van der Waals surface area contributed by atoms with E-state index in [0.29, 0.717) is 32.5 Å². The molecule has 24 saturated carbocycles. The zero-order valence-corrected chi connectivity index (χ0v) is 75.6. The van der Waals surface area contributed by atoms with Gasteiger partial charge in [-0.2, -0.15) is 0 Å². The number of fused-ring (bicyclic) bond motifs is 17. The van der Waals surface area contributed by atoms with E-state index in [1.807, 2.05) is 0 Å². The van der Waals surface area contributed by atoms with Gasteiger partial charge in [0.1, 0.15) is 0 Å². The highest BCUT2D eigenvalue weighted by Gasteiger charge is 2.57. The van der Waals surface area contributed by atoms with Crippen molar-refractivity contribution in [2.24, 2.45) is 174 Å². The summed E-state index contributed by atoms with van der Waals surface area (Å²) >= 11 is 0. The molecule has 24 fully saturated rings. The summed E-state index contributed by atoms with van der Waals surface area (Å²) in [6, 6.07) is 0. The molecule has 24 aliphatic carbocycles. The lowest BCUT2D eigenvalue weighted by Crippen LogP contribution is -2.50. The van der Waals surface area contributed by atoms with Crippen LogP contribution < -0.4 is 0 Å². The van der Waals surface area contributed by atoms with Crippen molar-refractivity contribution in [3.05, 3.63) is 0 Å². The number of hydrogen-bond donors (Lipinski definition) is 0. The monoisotopic (exact) mass is 1530 g/mol. The molecule has 24 aliphatic rings. The van der Waals surface area contributed by atoms with Crippen LogP contribution in [0.15, 0.2) is 0 Å². The molecule has 110 heavy (non-hydrogen) atoms. The van der Waals surface area contributed by atoms with Crippen LogP contribution in [0.5, 0.6) is 0 Å². The summed E-state index contributed by atoms with van der Waals surface area (Å²) < 4.78 is 81.1. The van der Waals surface area contributed by atoms with Gasteiger partial charge in [0.05, 0.1) is 0 Å². The Labute approximate surface area is 702 Å². The molecule has 0 heterocycles. The van der Waals surface area contributed by atoms with E-state index in [9.17, 15) is 0 Å². The van der Waals surface area contributed by atoms with Gasteiger partial charge in [-0.3, -0.25) is 0 Å². The van der Waals surface area contributed by atoms with Crippen molar-refractivity contribution in [2.45, 2.75) is 519 Å². The zero-order chi connectivity index (χ0) is 85.6. The zero-order valence-electron chi connectivity index (χ0n) is 85.6. The van der Waals surface area contributed by atoms with Crippen LogP contribution in [0.2, 0.25) is 0 Å². The maximum atomic E-state index is 8.46. The Morgan fingerprint density at radius 3 is 0.964 bits per heavy atom. The van der Waals surface area contributed by atoms with Crippen molar-refractivity contribution in [3.8, 4) is 0 Å². The maximum absolute atomic E-state index is 8.46. The highest BCUT2D eigenvalue weighted by atomic mass is 14.6. The standard InChI is InChI=1S/C15H26.C12H20.C12H22.C11H18.2C11H20.2C10H18.2C9H16/c1-13-6-11-14-7-2-4-9-15(14,12-13)10-5-3-8-14;1-8-6-9-7-12(8)11-5-3-2-4-10(9)11;1-11-6-5-9-12(10-11)7-3-2-4-8-12;1-7-5-8-6-11(7)10-4-2-3-9(8)10;1-9-5-6-10-3-2-4-11(7-9)8-10;1-10-5-8-11(9-10)6-3-2-4-7-11;1-8-2-3-9-4-5-10(6-8)7-9;1-9-4-7-10(8-9)5-2-3-6-10;1-8-3-6-9(7-8)4-2-5-9;1-7-2-3-8-5-9(4-7)6-8/h13H,2-12H2,1H3;8-12H,2-7H2,1H3;11H,2-10H2,1H3;7-11H,2-6H2,1H3;9-11H,2-8H2,1H3;10H,2-9H2,1H3;8-10H,2-7H2,1H3;9H,2-8H2,1H3;8H,2-7H2,1H3;7-9H,2-6H2,1H3/t13-,14?,15?;8-,9?,10?,11?,12?;11-;7-,8?,9?,10?,11?;9-,10?,11?;10-;8-,9?,10?;9-;8-;7-,8?,9?/m1111111111/s1/i13D;8D;11D;7D;9D;10D;8D;9D;8D;7D. The van der Waals surface area contributed by atoms with Crippen molar-refractivity contribution in [2.75, 3.05) is 0 Å². The van der Waals surface area contributed by atoms with Crippen LogP contribution in [0.1, 0.15) is 532 Å². The van der Waals surface area contributed by atoms with E-state index in [1.165, 1.54) is 398 Å². The molecule has 0 amide bonds. The lowest BCUT2D eigenvalue weighted by atomic mass is 9.44. The number of rotatable bonds is 0. The van der Waals surface area contributed by atoms with Crippen molar-refractivity contribution in [1.82, 2.24) is 0 Å². The maximum Gasteiger partial charge on any atom is 0.0303 e. The lowest BCUT2D eigenvalue weighted by molar-refractivity contribution is -0.105. The highest BCUT2D eigenvalue weighted by Crippen LogP contribution is 2.67. The molecule has 0 aromatic heterocycles. The third kappa shape index (κ3) is 22.4. The lowest BCUT2D eigenvalue weighted by Gasteiger charge is -2.61. The summed E-state index contributed by atoms with van der Waals surface area (Å²) in [5, 5.41) is 0. The van der Waals surface area contributed by atoms with Gasteiger partial charge >= 0.3 is 0 Å². The van der Waals surface area contributed by atoms with Crippen molar-refractivity contribution < 1.29 is 13.7 Å². The Morgan fingerprint density at radius 2 is 0.491 bits per heavy atom. The average Bonchev–Trinajstić information content (AvgIpc) is 1.66. The van der Waals surface area contributed by atoms with Crippen LogP contribution in [0.4, 0.5) is 0 Å². The molecule has 0 heteroatoms. The molecule has 634 valence electrons. The van der Waals surface area contributed by atoms with Gasteiger partial charge < -0.3 is 0 Å². The van der Waals surface area contributed by atoms with E-state index in [1.54, 1.807) is 0 Å². The highest BCUT2D eigenvalue weighted by molar-refractivity contribution is 5.07. The molecule has 10 bridgehead atoms. The second-order valence-corrected chi connectivity index (χ2v) is 47.6. The van der Waals surface area contributed by atoms with Crippen LogP contribution in [-0.4, -0.2) is 0 Å². The van der Waals surface area contributed by atoms with Gasteiger partial charge in [-0.05, 0) is 412 Å². The van der Waals surface area contributed by atoms with E-state index in [0.717, 1.165) is 134 Å². The van der Waals surface area contributed by atoms with E-state index in [2.05, 4.69) is 69.2 Å². The first kappa shape index (κ1) is 73.9. The van der Waals surface area contributed by atoms with Crippen molar-refractivity contribution in [3.63, 3.8) is 0 Å². The molecular formula is C110H194. The Balaban J connectivity index is 0.000000109. The predicted octanol–water partition coefficient (Wildman–Crippen LogP) is 35.4. The fourth-order valence-electron chi connectivity index (χ4n) is 33.1. The molecule has 22 atom stereocenters. The molecule has 0 saturated heterocycles. The molecule has 0 aliphatic heterocycles. The summed E-state index contributed by atoms with van der Waals surface area (Å²) in [5.41, 5.74) is 3.80. The molecule has 0 aromatic rings. The summed E-state index contributed by atoms with van der Waals surface area (Å²) in [5.74, 6) is 12.4. The van der Waals surface area contributed by atoms with Crippen molar-refractivity contribution in [1.29, 1.82) is 0 Å². The van der Waals surface area contributed by atoms with Gasteiger partial charge in [0, 0.05) is 13.7 Å². The Bertz CT molecular complexity index is 3160. The quantitative estimate of drug-likeness (QED) is 0.227. The fraction of sp³-hybridized carbons (Fsp3) is 1.00. The minimum atomic E-state index is -0.113. The van der Waals surface area contributed by atoms with Gasteiger partial charge in [-0.1, -0.05) is 281 Å². The minimum absolute atomic E-state index is 0.0455. The third-order valence-electron chi connectivity index (χ3n) is 39.1. The van der Waals surface area contributed by atoms with Crippen LogP contribution >= 0.6 is 0 Å². The van der Waals surface area contributed by atoms with E-state index in [4.69, 9.17) is 13.7 Å². The topological polar surface area (TPSA) is 0 Å². The van der Waals surface area contributed by atoms with E-state index in [-0.39, 0.29) is 58.9 Å². The van der Waals surface area contributed by atoms with E-state index < -0.39 is 0 Å². The molecule has 0 radical (unpaired) electrons. The summed E-state index contributed by atoms with van der Waals surface area (Å²) in [6.45, 7) is 21.4. The Kier molecular flexibility index (Phi) is 27.0. The smallest absolute Gasteiger partial charge is 0.0303 e. The Hall–Kier alpha value is 0. The predicted molar refractivity (Wildman–Crippen MR) is 478 cm³/mol. The van der Waals surface area contributed by atoms with Gasteiger partial charge in [0.2, 0.25) is 0 Å². The average molecular weight is 1530 g/mol. The third-order valence-corrected chi connectivity index (χ3v) is 39.1.